The summed E-state index contributed by atoms with van der Waals surface area (Å²) in [6.45, 7) is 1.82. The monoisotopic (exact) mass is 275 g/mol. The van der Waals surface area contributed by atoms with E-state index >= 15 is 0 Å². The fourth-order valence-corrected chi connectivity index (χ4v) is 2.26. The SMILES string of the molecule is CNC(=O)c1cccc(NC(=O)CC(N)C2CC2)c1C. The van der Waals surface area contributed by atoms with E-state index in [9.17, 15) is 9.59 Å². The van der Waals surface area contributed by atoms with Gasteiger partial charge in [0.15, 0.2) is 0 Å². The molecule has 108 valence electrons. The van der Waals surface area contributed by atoms with Gasteiger partial charge in [-0.3, -0.25) is 9.59 Å². The van der Waals surface area contributed by atoms with Crippen LogP contribution in [0.3, 0.4) is 0 Å². The molecule has 4 N–H and O–H groups in total. The highest BCUT2D eigenvalue weighted by Gasteiger charge is 2.29. The van der Waals surface area contributed by atoms with E-state index in [1.54, 1.807) is 25.2 Å². The third-order valence-electron chi connectivity index (χ3n) is 3.73. The Kier molecular flexibility index (Phi) is 4.39. The van der Waals surface area contributed by atoms with Gasteiger partial charge in [-0.2, -0.15) is 0 Å². The third kappa shape index (κ3) is 3.36. The lowest BCUT2D eigenvalue weighted by atomic mass is 10.1. The molecule has 0 aromatic heterocycles. The molecule has 1 unspecified atom stereocenters. The summed E-state index contributed by atoms with van der Waals surface area (Å²) in [5, 5.41) is 5.43. The van der Waals surface area contributed by atoms with Crippen LogP contribution in [-0.4, -0.2) is 24.9 Å². The third-order valence-corrected chi connectivity index (χ3v) is 3.73. The molecule has 1 fully saturated rings. The molecular weight excluding hydrogens is 254 g/mol. The Labute approximate surface area is 118 Å². The zero-order valence-corrected chi connectivity index (χ0v) is 11.9. The van der Waals surface area contributed by atoms with Crippen molar-refractivity contribution in [2.45, 2.75) is 32.2 Å². The molecule has 0 saturated heterocycles. The van der Waals surface area contributed by atoms with Crippen molar-refractivity contribution in [2.75, 3.05) is 12.4 Å². The smallest absolute Gasteiger partial charge is 0.251 e. The van der Waals surface area contributed by atoms with E-state index < -0.39 is 0 Å². The largest absolute Gasteiger partial charge is 0.355 e. The minimum atomic E-state index is -0.159. The second-order valence-corrected chi connectivity index (χ2v) is 5.31. The molecule has 1 atom stereocenters. The Morgan fingerprint density at radius 2 is 2.10 bits per heavy atom. The van der Waals surface area contributed by atoms with Crippen molar-refractivity contribution in [1.82, 2.24) is 5.32 Å². The van der Waals surface area contributed by atoms with Gasteiger partial charge in [-0.05, 0) is 43.4 Å². The van der Waals surface area contributed by atoms with Crippen molar-refractivity contribution in [3.8, 4) is 0 Å². The lowest BCUT2D eigenvalue weighted by Crippen LogP contribution is -2.29. The summed E-state index contributed by atoms with van der Waals surface area (Å²) in [7, 11) is 1.59. The molecule has 1 aliphatic carbocycles. The molecule has 2 rings (SSSR count). The predicted molar refractivity (Wildman–Crippen MR) is 78.5 cm³/mol. The molecule has 1 aromatic carbocycles. The topological polar surface area (TPSA) is 84.2 Å². The highest BCUT2D eigenvalue weighted by molar-refractivity contribution is 5.99. The fourth-order valence-electron chi connectivity index (χ4n) is 2.26. The number of carbonyl (C=O) groups is 2. The number of hydrogen-bond acceptors (Lipinski definition) is 3. The molecule has 0 aliphatic heterocycles. The molecule has 0 radical (unpaired) electrons. The average Bonchev–Trinajstić information content (AvgIpc) is 3.24. The molecule has 1 aromatic rings. The van der Waals surface area contributed by atoms with Crippen LogP contribution in [0.5, 0.6) is 0 Å². The summed E-state index contributed by atoms with van der Waals surface area (Å²) in [5.74, 6) is 0.244. The van der Waals surface area contributed by atoms with E-state index in [-0.39, 0.29) is 17.9 Å². The van der Waals surface area contributed by atoms with Crippen molar-refractivity contribution in [3.05, 3.63) is 29.3 Å². The van der Waals surface area contributed by atoms with Gasteiger partial charge in [-0.1, -0.05) is 6.07 Å². The van der Waals surface area contributed by atoms with E-state index in [1.165, 1.54) is 0 Å². The standard InChI is InChI=1S/C15H21N3O2/c1-9-11(15(20)17-2)4-3-5-13(9)18-14(19)8-12(16)10-6-7-10/h3-5,10,12H,6-8,16H2,1-2H3,(H,17,20)(H,18,19). The van der Waals surface area contributed by atoms with Crippen LogP contribution in [0, 0.1) is 12.8 Å². The van der Waals surface area contributed by atoms with Gasteiger partial charge in [-0.25, -0.2) is 0 Å². The molecule has 0 heterocycles. The van der Waals surface area contributed by atoms with Crippen molar-refractivity contribution in [3.63, 3.8) is 0 Å². The van der Waals surface area contributed by atoms with Crippen molar-refractivity contribution >= 4 is 17.5 Å². The number of carbonyl (C=O) groups excluding carboxylic acids is 2. The van der Waals surface area contributed by atoms with E-state index in [0.29, 0.717) is 23.6 Å². The van der Waals surface area contributed by atoms with E-state index in [0.717, 1.165) is 18.4 Å². The van der Waals surface area contributed by atoms with Crippen LogP contribution in [0.15, 0.2) is 18.2 Å². The summed E-state index contributed by atoms with van der Waals surface area (Å²) in [6, 6.07) is 5.23. The van der Waals surface area contributed by atoms with Crippen LogP contribution < -0.4 is 16.4 Å². The Morgan fingerprint density at radius 3 is 2.70 bits per heavy atom. The van der Waals surface area contributed by atoms with Gasteiger partial charge in [0.05, 0.1) is 0 Å². The number of nitrogens with one attached hydrogen (secondary N) is 2. The number of hydrogen-bond donors (Lipinski definition) is 3. The molecule has 5 nitrogen and oxygen atoms in total. The molecule has 20 heavy (non-hydrogen) atoms. The first-order chi connectivity index (χ1) is 9.52. The lowest BCUT2D eigenvalue weighted by Gasteiger charge is -2.14. The van der Waals surface area contributed by atoms with Crippen molar-refractivity contribution in [1.29, 1.82) is 0 Å². The van der Waals surface area contributed by atoms with Crippen molar-refractivity contribution < 1.29 is 9.59 Å². The molecule has 2 amide bonds. The Morgan fingerprint density at radius 1 is 1.40 bits per heavy atom. The Hall–Kier alpha value is -1.88. The van der Waals surface area contributed by atoms with Gasteiger partial charge < -0.3 is 16.4 Å². The zero-order chi connectivity index (χ0) is 14.7. The number of anilines is 1. The van der Waals surface area contributed by atoms with Gasteiger partial charge >= 0.3 is 0 Å². The first-order valence-corrected chi connectivity index (χ1v) is 6.90. The zero-order valence-electron chi connectivity index (χ0n) is 11.9. The first-order valence-electron chi connectivity index (χ1n) is 6.90. The summed E-state index contributed by atoms with van der Waals surface area (Å²) in [6.07, 6.45) is 2.58. The number of benzene rings is 1. The van der Waals surface area contributed by atoms with Gasteiger partial charge in [0.25, 0.3) is 5.91 Å². The minimum Gasteiger partial charge on any atom is -0.355 e. The maximum Gasteiger partial charge on any atom is 0.251 e. The molecule has 5 heteroatoms. The fraction of sp³-hybridized carbons (Fsp3) is 0.467. The van der Waals surface area contributed by atoms with Crippen LogP contribution >= 0.6 is 0 Å². The highest BCUT2D eigenvalue weighted by atomic mass is 16.2. The molecule has 1 aliphatic rings. The molecule has 1 saturated carbocycles. The molecule has 0 bridgehead atoms. The van der Waals surface area contributed by atoms with Crippen molar-refractivity contribution in [2.24, 2.45) is 11.7 Å². The van der Waals surface area contributed by atoms with Gasteiger partial charge in [0.2, 0.25) is 5.91 Å². The van der Waals surface area contributed by atoms with E-state index in [1.807, 2.05) is 6.92 Å². The quantitative estimate of drug-likeness (QED) is 0.760. The summed E-state index contributed by atoms with van der Waals surface area (Å²) in [4.78, 5) is 23.7. The maximum absolute atomic E-state index is 12.0. The Balaban J connectivity index is 2.05. The van der Waals surface area contributed by atoms with Crippen LogP contribution in [0.4, 0.5) is 5.69 Å². The van der Waals surface area contributed by atoms with E-state index in [2.05, 4.69) is 10.6 Å². The van der Waals surface area contributed by atoms with Crippen LogP contribution in [-0.2, 0) is 4.79 Å². The average molecular weight is 275 g/mol. The number of amides is 2. The predicted octanol–water partition coefficient (Wildman–Crippen LogP) is 1.42. The summed E-state index contributed by atoms with van der Waals surface area (Å²) < 4.78 is 0. The summed E-state index contributed by atoms with van der Waals surface area (Å²) in [5.41, 5.74) is 7.94. The second-order valence-electron chi connectivity index (χ2n) is 5.31. The highest BCUT2D eigenvalue weighted by Crippen LogP contribution is 2.33. The maximum atomic E-state index is 12.0. The van der Waals surface area contributed by atoms with Crippen LogP contribution in [0.2, 0.25) is 0 Å². The van der Waals surface area contributed by atoms with E-state index in [4.69, 9.17) is 5.73 Å². The molecule has 0 spiro atoms. The lowest BCUT2D eigenvalue weighted by molar-refractivity contribution is -0.116. The van der Waals surface area contributed by atoms with Crippen LogP contribution in [0.1, 0.15) is 35.2 Å². The normalized spacial score (nSPS) is 15.6. The van der Waals surface area contributed by atoms with Crippen LogP contribution in [0.25, 0.3) is 0 Å². The van der Waals surface area contributed by atoms with Gasteiger partial charge in [0.1, 0.15) is 0 Å². The Bertz CT molecular complexity index is 524. The van der Waals surface area contributed by atoms with Gasteiger partial charge in [0, 0.05) is 30.8 Å². The number of rotatable bonds is 5. The summed E-state index contributed by atoms with van der Waals surface area (Å²) >= 11 is 0. The molecular formula is C15H21N3O2. The van der Waals surface area contributed by atoms with Gasteiger partial charge in [-0.15, -0.1) is 0 Å². The second kappa shape index (κ2) is 6.05. The first kappa shape index (κ1) is 14.5. The minimum absolute atomic E-state index is 0.0579. The number of nitrogens with two attached hydrogens (primary N) is 1.